The average Bonchev–Trinajstić information content (AvgIpc) is 3.15. The average molecular weight is 350 g/mol. The normalized spacial score (nSPS) is 10.6. The molecule has 0 bridgehead atoms. The predicted molar refractivity (Wildman–Crippen MR) is 94.5 cm³/mol. The topological polar surface area (TPSA) is 86.0 Å². The first-order chi connectivity index (χ1) is 12.1. The Bertz CT molecular complexity index is 543. The summed E-state index contributed by atoms with van der Waals surface area (Å²) in [6.45, 7) is 4.11. The first-order valence-electron chi connectivity index (χ1n) is 8.32. The van der Waals surface area contributed by atoms with Gasteiger partial charge in [-0.3, -0.25) is 9.89 Å². The van der Waals surface area contributed by atoms with Gasteiger partial charge in [0.05, 0.1) is 13.2 Å². The van der Waals surface area contributed by atoms with Gasteiger partial charge in [-0.25, -0.2) is 19.1 Å². The van der Waals surface area contributed by atoms with Crippen molar-refractivity contribution in [3.05, 3.63) is 31.1 Å². The summed E-state index contributed by atoms with van der Waals surface area (Å²) in [7, 11) is 1.60. The summed E-state index contributed by atoms with van der Waals surface area (Å²) in [4.78, 5) is 31.7. The van der Waals surface area contributed by atoms with Crippen LogP contribution in [0.2, 0.25) is 0 Å². The van der Waals surface area contributed by atoms with Gasteiger partial charge in [-0.1, -0.05) is 25.7 Å². The van der Waals surface area contributed by atoms with Crippen molar-refractivity contribution in [1.82, 2.24) is 14.5 Å². The van der Waals surface area contributed by atoms with Gasteiger partial charge in [0.1, 0.15) is 6.33 Å². The predicted octanol–water partition coefficient (Wildman–Crippen LogP) is 3.45. The molecule has 0 fully saturated rings. The van der Waals surface area contributed by atoms with E-state index in [1.807, 2.05) is 0 Å². The van der Waals surface area contributed by atoms with Crippen molar-refractivity contribution in [3.63, 3.8) is 0 Å². The smallest absolute Gasteiger partial charge is 0.419 e. The molecule has 1 aromatic heterocycles. The highest BCUT2D eigenvalue weighted by molar-refractivity contribution is 5.69. The number of hydrogen-bond acceptors (Lipinski definition) is 6. The molecule has 1 aromatic rings. The Balaban J connectivity index is 1.90. The van der Waals surface area contributed by atoms with Gasteiger partial charge in [0.2, 0.25) is 0 Å². The summed E-state index contributed by atoms with van der Waals surface area (Å²) >= 11 is 0. The minimum atomic E-state index is -0.403. The Labute approximate surface area is 148 Å². The second kappa shape index (κ2) is 12.7. The molecule has 1 rings (SSSR count). The van der Waals surface area contributed by atoms with Crippen LogP contribution < -0.4 is 0 Å². The van der Waals surface area contributed by atoms with Gasteiger partial charge < -0.3 is 9.47 Å². The van der Waals surface area contributed by atoms with Crippen molar-refractivity contribution in [3.8, 4) is 0 Å². The van der Waals surface area contributed by atoms with Crippen LogP contribution in [0.4, 0.5) is 9.59 Å². The van der Waals surface area contributed by atoms with Crippen LogP contribution in [-0.2, 0) is 9.47 Å². The molecule has 0 aliphatic heterocycles. The van der Waals surface area contributed by atoms with Crippen LogP contribution in [0.25, 0.3) is 0 Å². The van der Waals surface area contributed by atoms with Crippen molar-refractivity contribution in [2.24, 2.45) is 4.99 Å². The molecule has 25 heavy (non-hydrogen) atoms. The number of hydrogen-bond donors (Lipinski definition) is 0. The van der Waals surface area contributed by atoms with Crippen LogP contribution in [0.1, 0.15) is 38.5 Å². The molecule has 8 heteroatoms. The minimum absolute atomic E-state index is 0.400. The van der Waals surface area contributed by atoms with E-state index in [9.17, 15) is 9.59 Å². The van der Waals surface area contributed by atoms with Gasteiger partial charge in [-0.15, -0.1) is 0 Å². The van der Waals surface area contributed by atoms with E-state index < -0.39 is 12.2 Å². The molecule has 138 valence electrons. The number of aromatic nitrogens is 2. The van der Waals surface area contributed by atoms with Crippen LogP contribution >= 0.6 is 0 Å². The minimum Gasteiger partial charge on any atom is -0.449 e. The van der Waals surface area contributed by atoms with Crippen LogP contribution in [0, 0.1) is 0 Å². The molecule has 0 aliphatic carbocycles. The van der Waals surface area contributed by atoms with E-state index in [4.69, 9.17) is 9.47 Å². The number of carbonyl (C=O) groups excluding carboxylic acids is 2. The molecular formula is C17H26N4O4. The molecule has 0 radical (unpaired) electrons. The fourth-order valence-corrected chi connectivity index (χ4v) is 1.98. The summed E-state index contributed by atoms with van der Waals surface area (Å²) in [5.41, 5.74) is 0. The van der Waals surface area contributed by atoms with E-state index in [0.717, 1.165) is 38.5 Å². The Morgan fingerprint density at radius 1 is 1.16 bits per heavy atom. The van der Waals surface area contributed by atoms with Gasteiger partial charge in [0.15, 0.2) is 0 Å². The van der Waals surface area contributed by atoms with Crippen LogP contribution in [0.3, 0.4) is 0 Å². The number of nitrogens with zero attached hydrogens (tertiary/aromatic N) is 4. The molecular weight excluding hydrogens is 324 g/mol. The molecule has 1 heterocycles. The van der Waals surface area contributed by atoms with E-state index in [1.54, 1.807) is 13.2 Å². The van der Waals surface area contributed by atoms with Gasteiger partial charge >= 0.3 is 12.2 Å². The van der Waals surface area contributed by atoms with E-state index in [0.29, 0.717) is 13.2 Å². The van der Waals surface area contributed by atoms with E-state index in [-0.39, 0.29) is 0 Å². The maximum Gasteiger partial charge on any atom is 0.419 e. The second-order valence-corrected chi connectivity index (χ2v) is 5.41. The number of unbranched alkanes of at least 4 members (excludes halogenated alkanes) is 5. The highest BCUT2D eigenvalue weighted by atomic mass is 16.6. The van der Waals surface area contributed by atoms with Gasteiger partial charge in [-0.2, -0.15) is 0 Å². The maximum atomic E-state index is 11.5. The zero-order valence-electron chi connectivity index (χ0n) is 14.7. The summed E-state index contributed by atoms with van der Waals surface area (Å²) in [6.07, 6.45) is 12.4. The highest BCUT2D eigenvalue weighted by Crippen LogP contribution is 2.06. The molecule has 0 aromatic carbocycles. The molecule has 8 nitrogen and oxygen atoms in total. The SMILES string of the molecule is C=N/C=C\N(C)C(=O)OCCCCCCCCOC(=O)n1ccnc1. The number of imidazole rings is 1. The Hall–Kier alpha value is -2.64. The number of carbonyl (C=O) groups is 2. The third-order valence-electron chi connectivity index (χ3n) is 3.39. The highest BCUT2D eigenvalue weighted by Gasteiger charge is 2.06. The molecule has 0 spiro atoms. The summed E-state index contributed by atoms with van der Waals surface area (Å²) < 4.78 is 11.5. The quantitative estimate of drug-likeness (QED) is 0.451. The lowest BCUT2D eigenvalue weighted by Crippen LogP contribution is -2.22. The number of amides is 1. The lowest BCUT2D eigenvalue weighted by atomic mass is 10.1. The zero-order valence-corrected chi connectivity index (χ0v) is 14.7. The number of rotatable bonds is 11. The largest absolute Gasteiger partial charge is 0.449 e. The monoisotopic (exact) mass is 350 g/mol. The number of aliphatic imine (C=N–C) groups is 1. The van der Waals surface area contributed by atoms with Crippen molar-refractivity contribution in [2.45, 2.75) is 38.5 Å². The van der Waals surface area contributed by atoms with E-state index >= 15 is 0 Å². The first kappa shape index (κ1) is 20.4. The Morgan fingerprint density at radius 2 is 1.80 bits per heavy atom. The zero-order chi connectivity index (χ0) is 18.3. The van der Waals surface area contributed by atoms with Crippen molar-refractivity contribution in [2.75, 3.05) is 20.3 Å². The first-order valence-corrected chi connectivity index (χ1v) is 8.32. The third kappa shape index (κ3) is 9.29. The molecule has 0 saturated heterocycles. The van der Waals surface area contributed by atoms with Gasteiger partial charge in [0, 0.05) is 31.8 Å². The number of ether oxygens (including phenoxy) is 2. The molecule has 0 saturated carbocycles. The van der Waals surface area contributed by atoms with Crippen molar-refractivity contribution >= 4 is 18.9 Å². The molecule has 0 unspecified atom stereocenters. The third-order valence-corrected chi connectivity index (χ3v) is 3.39. The van der Waals surface area contributed by atoms with Crippen molar-refractivity contribution < 1.29 is 19.1 Å². The molecule has 1 amide bonds. The standard InChI is InChI=1S/C17H26N4O4/c1-18-9-11-20(2)16(22)24-13-7-5-3-4-6-8-14-25-17(23)21-12-10-19-15-21/h9-12,15H,1,3-8,13-14H2,2H3/b11-9-. The van der Waals surface area contributed by atoms with E-state index in [2.05, 4.69) is 16.7 Å². The van der Waals surface area contributed by atoms with Gasteiger partial charge in [-0.05, 0) is 19.6 Å². The Kier molecular flexibility index (Phi) is 10.4. The van der Waals surface area contributed by atoms with Crippen LogP contribution in [-0.4, -0.2) is 53.6 Å². The fourth-order valence-electron chi connectivity index (χ4n) is 1.98. The van der Waals surface area contributed by atoms with Gasteiger partial charge in [0.25, 0.3) is 0 Å². The Morgan fingerprint density at radius 3 is 2.40 bits per heavy atom. The lowest BCUT2D eigenvalue weighted by molar-refractivity contribution is 0.121. The second-order valence-electron chi connectivity index (χ2n) is 5.41. The summed E-state index contributed by atoms with van der Waals surface area (Å²) in [5.74, 6) is 0. The fraction of sp³-hybridized carbons (Fsp3) is 0.529. The maximum absolute atomic E-state index is 11.5. The summed E-state index contributed by atoms with van der Waals surface area (Å²) in [5, 5.41) is 0. The molecule has 0 N–H and O–H groups in total. The van der Waals surface area contributed by atoms with Crippen LogP contribution in [0.15, 0.2) is 36.1 Å². The summed E-state index contributed by atoms with van der Waals surface area (Å²) in [6, 6.07) is 0. The molecule has 0 aliphatic rings. The lowest BCUT2D eigenvalue weighted by Gasteiger charge is -2.11. The molecule has 0 atom stereocenters. The van der Waals surface area contributed by atoms with Crippen LogP contribution in [0.5, 0.6) is 0 Å². The van der Waals surface area contributed by atoms with E-state index in [1.165, 1.54) is 34.4 Å². The van der Waals surface area contributed by atoms with Crippen molar-refractivity contribution in [1.29, 1.82) is 0 Å².